The summed E-state index contributed by atoms with van der Waals surface area (Å²) in [6.45, 7) is 4.08. The van der Waals surface area contributed by atoms with Crippen molar-refractivity contribution in [3.8, 4) is 0 Å². The summed E-state index contributed by atoms with van der Waals surface area (Å²) >= 11 is 14.3. The first-order valence-corrected chi connectivity index (χ1v) is 48.5. The third-order valence-electron chi connectivity index (χ3n) is 26.1. The molecule has 14 unspecified atom stereocenters. The van der Waals surface area contributed by atoms with E-state index in [2.05, 4.69) is 74.0 Å². The van der Waals surface area contributed by atoms with Gasteiger partial charge in [0.25, 0.3) is 0 Å². The van der Waals surface area contributed by atoms with E-state index in [4.69, 9.17) is 150 Å². The van der Waals surface area contributed by atoms with Gasteiger partial charge in [0.15, 0.2) is 48.0 Å². The monoisotopic (exact) mass is 1920 g/mol. The summed E-state index contributed by atoms with van der Waals surface area (Å²) in [6.07, 6.45) is -25.7. The van der Waals surface area contributed by atoms with Gasteiger partial charge in [-0.3, -0.25) is 4.79 Å². The number of rotatable bonds is 44. The Morgan fingerprint density at radius 1 is 0.431 bits per heavy atom. The van der Waals surface area contributed by atoms with Crippen LogP contribution in [0.2, 0.25) is 0 Å². The summed E-state index contributed by atoms with van der Waals surface area (Å²) in [5, 5.41) is 153. The van der Waals surface area contributed by atoms with Gasteiger partial charge in [-0.25, -0.2) is 0 Å². The fourth-order valence-corrected chi connectivity index (χ4v) is 20.8. The number of carbonyl (C=O) groups is 1. The molecule has 0 bridgehead atoms. The average molecular weight is 1920 g/mol. The quantitative estimate of drug-likeness (QED) is 0.0216. The van der Waals surface area contributed by atoms with Crippen LogP contribution in [0.15, 0.2) is 42.5 Å². The van der Waals surface area contributed by atoms with Crippen LogP contribution in [0.4, 0.5) is 0 Å². The van der Waals surface area contributed by atoms with Crippen molar-refractivity contribution in [3.05, 3.63) is 64.7 Å². The fourth-order valence-electron chi connectivity index (χ4n) is 18.5. The van der Waals surface area contributed by atoms with Crippen LogP contribution in [0, 0.1) is 0 Å². The molecule has 0 aromatic heterocycles. The van der Waals surface area contributed by atoms with Crippen molar-refractivity contribution in [1.29, 1.82) is 0 Å². The molecule has 47 heteroatoms. The normalized spacial score (nSPS) is 39.6. The van der Waals surface area contributed by atoms with E-state index < -0.39 is 233 Å². The van der Waals surface area contributed by atoms with E-state index in [1.165, 1.54) is 62.1 Å². The number of ether oxygens (including phenoxy) is 12. The molecule has 43 nitrogen and oxygen atoms in total. The second-order valence-corrected chi connectivity index (χ2v) is 38.4. The Balaban J connectivity index is 0.610. The molecule has 738 valence electrons. The highest BCUT2D eigenvalue weighted by atomic mass is 32.2. The average Bonchev–Trinajstić information content (AvgIpc) is 1.35. The highest BCUT2D eigenvalue weighted by molar-refractivity contribution is 7.99. The van der Waals surface area contributed by atoms with Gasteiger partial charge in [-0.15, -0.1) is 0 Å². The number of aryl methyl sites for hydroxylation is 1. The second kappa shape index (κ2) is 49.7. The fraction of sp³-hybridized carbons (Fsp3) is 0.795. The predicted molar refractivity (Wildman–Crippen MR) is 488 cm³/mol. The molecule has 10 aliphatic rings. The highest BCUT2D eigenvalue weighted by Gasteiger charge is 2.58. The summed E-state index contributed by atoms with van der Waals surface area (Å²) in [5.41, 5.74) is 81.1. The van der Waals surface area contributed by atoms with Crippen LogP contribution in [-0.2, 0) is 80.9 Å². The molecule has 0 spiro atoms. The molecule has 2 aromatic carbocycles. The third-order valence-corrected chi connectivity index (χ3v) is 28.8. The zero-order valence-electron chi connectivity index (χ0n) is 73.0. The molecule has 2 aromatic rings. The second-order valence-electron chi connectivity index (χ2n) is 35.3. The molecule has 6 saturated heterocycles. The Labute approximate surface area is 775 Å². The van der Waals surface area contributed by atoms with Gasteiger partial charge in [-0.1, -0.05) is 48.9 Å². The smallest absolute Gasteiger partial charge is 0.220 e. The highest BCUT2D eigenvalue weighted by Crippen LogP contribution is 2.43. The van der Waals surface area contributed by atoms with E-state index in [1.54, 1.807) is 0 Å². The van der Waals surface area contributed by atoms with Gasteiger partial charge in [-0.05, 0) is 147 Å². The number of amides is 1. The van der Waals surface area contributed by atoms with Crippen molar-refractivity contribution < 1.29 is 123 Å². The van der Waals surface area contributed by atoms with Crippen LogP contribution in [-0.4, -0.2) is 416 Å². The maximum Gasteiger partial charge on any atom is 0.220 e. The van der Waals surface area contributed by atoms with Crippen LogP contribution in [0.1, 0.15) is 80.0 Å². The number of benzene rings is 2. The molecular formula is C83H142N18O25S4. The van der Waals surface area contributed by atoms with Gasteiger partial charge in [0.05, 0.1) is 48.6 Å². The first kappa shape index (κ1) is 105. The van der Waals surface area contributed by atoms with Crippen LogP contribution < -0.4 is 95.4 Å². The topological polar surface area (TPSA) is 746 Å². The number of aliphatic hydroxyl groups is 12. The maximum atomic E-state index is 13.4. The predicted octanol–water partition coefficient (Wildman–Crippen LogP) is -10.8. The van der Waals surface area contributed by atoms with Crippen molar-refractivity contribution >= 4 is 80.4 Å². The Bertz CT molecular complexity index is 3960. The molecule has 8 fully saturated rings. The molecule has 0 radical (unpaired) electrons. The Morgan fingerprint density at radius 3 is 1.28 bits per heavy atom. The van der Waals surface area contributed by atoms with Crippen molar-refractivity contribution in [2.75, 3.05) is 102 Å². The standard InChI is InChI=1S/C83H142N18O25S4/c84-30-45-60(105)64(109)54(92)76(115-45)121-70-43(90)28-41(88)58(103)74(70)125-80-68(113)72(123-78-56(94)66(111)62(107)47(32-86)117-78)49(119-80)34-129-25-20-99-82(127)97-18-3-5-23-101(22-4-1-2-17-96-51(102)16-15-38-27-39-11-6-9-36-13-14-37-10-7-12-40(38)53(37)52(36)39)24-8-19-98-83(128)100-21-26-130-35-50-73(124-79-57(95)67(112)63(108)48(33-87)118-79)69(114)81(120-50)126-75-59(104)42(89)29-44(91)71(75)122-77-55(93)65(110)61(106)46(31-85)116-77/h6-7,9-11,14,27,41-50,54-81,103-114H,1-5,8,12-13,15-26,28-35,84-95H2,(H,96,102)(H2,97,99,127)(H2,98,100,128)/t41-,42-,43?,44?,45?,46?,47+,48+,49-,50-,54?,55?,56?,57?,58?,59?,60-,61-,62-,63-,64-,65-,66?,67?,68+,69+,70-,71-,72+,73+,74-,75-,76-,77+,78-,79-,80?,81?/m1/s1. The summed E-state index contributed by atoms with van der Waals surface area (Å²) in [4.78, 5) is 15.8. The third kappa shape index (κ3) is 25.8. The van der Waals surface area contributed by atoms with Gasteiger partial charge in [0.1, 0.15) is 122 Å². The summed E-state index contributed by atoms with van der Waals surface area (Å²) in [5.74, 6) is 1.34. The van der Waals surface area contributed by atoms with Gasteiger partial charge >= 0.3 is 0 Å². The number of thioether (sulfide) groups is 2. The van der Waals surface area contributed by atoms with Gasteiger partial charge < -0.3 is 218 Å². The van der Waals surface area contributed by atoms with Crippen LogP contribution in [0.25, 0.3) is 16.3 Å². The van der Waals surface area contributed by atoms with E-state index in [0.717, 1.165) is 71.0 Å². The number of hydrogen-bond donors (Lipinski definition) is 29. The minimum Gasteiger partial charge on any atom is -0.389 e. The summed E-state index contributed by atoms with van der Waals surface area (Å²) < 4.78 is 74.2. The molecule has 38 atom stereocenters. The van der Waals surface area contributed by atoms with Crippen LogP contribution in [0.5, 0.6) is 0 Å². The zero-order chi connectivity index (χ0) is 93.5. The number of nitrogens with one attached hydrogen (secondary N) is 5. The van der Waals surface area contributed by atoms with E-state index in [-0.39, 0.29) is 56.4 Å². The van der Waals surface area contributed by atoms with Crippen molar-refractivity contribution in [1.82, 2.24) is 31.5 Å². The lowest BCUT2D eigenvalue weighted by Crippen LogP contribution is -2.68. The number of thiocarbonyl (C=S) groups is 2. The van der Waals surface area contributed by atoms with E-state index in [9.17, 15) is 66.1 Å². The van der Waals surface area contributed by atoms with Crippen molar-refractivity contribution in [2.45, 2.75) is 310 Å². The molecule has 1 amide bonds. The van der Waals surface area contributed by atoms with Gasteiger partial charge in [0.2, 0.25) is 5.91 Å². The van der Waals surface area contributed by atoms with Gasteiger partial charge in [-0.2, -0.15) is 23.5 Å². The van der Waals surface area contributed by atoms with Crippen LogP contribution in [0.3, 0.4) is 0 Å². The van der Waals surface area contributed by atoms with E-state index in [0.29, 0.717) is 67.3 Å². The summed E-state index contributed by atoms with van der Waals surface area (Å²) in [7, 11) is 0. The number of allylic oxidation sites excluding steroid dienone is 4. The van der Waals surface area contributed by atoms with E-state index >= 15 is 0 Å². The minimum absolute atomic E-state index is 0.0278. The molecule has 130 heavy (non-hydrogen) atoms. The number of nitrogens with zero attached hydrogens (tertiary/aromatic N) is 1. The lowest BCUT2D eigenvalue weighted by Gasteiger charge is -2.47. The van der Waals surface area contributed by atoms with Crippen LogP contribution >= 0.6 is 48.0 Å². The minimum atomic E-state index is -1.61. The summed E-state index contributed by atoms with van der Waals surface area (Å²) in [6, 6.07) is -0.0604. The first-order chi connectivity index (χ1) is 62.3. The van der Waals surface area contributed by atoms with Crippen molar-refractivity contribution in [2.24, 2.45) is 68.8 Å². The Kier molecular flexibility index (Phi) is 40.2. The number of hydrogen-bond acceptors (Lipinski definition) is 42. The lowest BCUT2D eigenvalue weighted by molar-refractivity contribution is -0.306. The first-order valence-electron chi connectivity index (χ1n) is 45.3. The number of unbranched alkanes of at least 4 members (excludes halogenated alkanes) is 3. The number of carbonyl (C=O) groups excluding carboxylic acids is 1. The largest absolute Gasteiger partial charge is 0.389 e. The van der Waals surface area contributed by atoms with E-state index in [1.807, 2.05) is 0 Å². The molecule has 4 aliphatic carbocycles. The molecule has 2 saturated carbocycles. The number of aliphatic hydroxyl groups excluding tert-OH is 12. The van der Waals surface area contributed by atoms with Crippen molar-refractivity contribution in [3.63, 3.8) is 0 Å². The molecule has 6 aliphatic heterocycles. The molecule has 12 rings (SSSR count). The number of nitrogens with two attached hydrogens (primary N) is 12. The molecule has 6 heterocycles. The molecule has 41 N–H and O–H groups in total. The lowest BCUT2D eigenvalue weighted by atomic mass is 9.79. The Hall–Kier alpha value is -3.75. The SMILES string of the molecule is NCC1O[C@H](O[C@@H]2C(N)C[C@@H](N)C(O)[C@H]2OC2O[C@H](CSCCNC(=S)NCCCCN(CCCCCNC(=O)CCc3cc4cccc5c4c4c3CC=CC4=CC5)CCCNC(=S)NCCSC[C@H]3OC(O[C@@H]4C(O)[C@H](N)CC(N)[C@H]4O[C@@H]4OC(CN)[C@@H](O)[C@H](O)C4N)[C@@H](O)[C@H]3O[C@H]3O[C@@H](CN)[C@@H](O)C(O)C3N)[C@H](O[C@H]3O[C@@H](CN)[C@@H](O)C(O)C3N)[C@@H]2O)C(N)[C@@H](O)[C@@H]1O. The van der Waals surface area contributed by atoms with Gasteiger partial charge in [0, 0.05) is 113 Å². The maximum absolute atomic E-state index is 13.4. The Morgan fingerprint density at radius 2 is 0.823 bits per heavy atom. The zero-order valence-corrected chi connectivity index (χ0v) is 76.2. The molecular weight excluding hydrogens is 1780 g/mol.